The summed E-state index contributed by atoms with van der Waals surface area (Å²) in [6.07, 6.45) is 1.48. The zero-order valence-corrected chi connectivity index (χ0v) is 11.3. The van der Waals surface area contributed by atoms with Gasteiger partial charge in [0.1, 0.15) is 6.04 Å². The highest BCUT2D eigenvalue weighted by Gasteiger charge is 2.26. The molecular formula is C11H19N5O3. The van der Waals surface area contributed by atoms with Crippen LogP contribution in [-0.2, 0) is 16.1 Å². The number of methoxy groups -OCH3 is 1. The molecule has 8 nitrogen and oxygen atoms in total. The Morgan fingerprint density at radius 1 is 1.53 bits per heavy atom. The molecule has 1 aromatic heterocycles. The third-order valence-corrected chi connectivity index (χ3v) is 2.54. The van der Waals surface area contributed by atoms with Crippen LogP contribution in [0.2, 0.25) is 0 Å². The number of nitrogens with two attached hydrogens (primary N) is 1. The van der Waals surface area contributed by atoms with Crippen molar-refractivity contribution in [1.82, 2.24) is 20.3 Å². The standard InChI is InChI=1S/C11H19N5O3/c1-7(2)9(11(18)19-3)13-10(17)8-6-16(5-4-12)15-14-8/h6-7,9H,4-5,12H2,1-3H3,(H,13,17). The minimum atomic E-state index is -0.711. The zero-order valence-electron chi connectivity index (χ0n) is 11.3. The van der Waals surface area contributed by atoms with Gasteiger partial charge >= 0.3 is 5.97 Å². The Balaban J connectivity index is 2.73. The second-order valence-corrected chi connectivity index (χ2v) is 4.37. The Morgan fingerprint density at radius 3 is 2.74 bits per heavy atom. The van der Waals surface area contributed by atoms with E-state index in [9.17, 15) is 9.59 Å². The number of aromatic nitrogens is 3. The van der Waals surface area contributed by atoms with Gasteiger partial charge in [0.15, 0.2) is 5.69 Å². The van der Waals surface area contributed by atoms with Gasteiger partial charge in [-0.3, -0.25) is 9.48 Å². The average molecular weight is 269 g/mol. The monoisotopic (exact) mass is 269 g/mol. The summed E-state index contributed by atoms with van der Waals surface area (Å²) >= 11 is 0. The number of hydrogen-bond acceptors (Lipinski definition) is 6. The van der Waals surface area contributed by atoms with Crippen LogP contribution in [0.3, 0.4) is 0 Å². The summed E-state index contributed by atoms with van der Waals surface area (Å²) in [7, 11) is 1.28. The largest absolute Gasteiger partial charge is 0.467 e. The molecule has 19 heavy (non-hydrogen) atoms. The number of nitrogens with zero attached hydrogens (tertiary/aromatic N) is 3. The maximum absolute atomic E-state index is 11.9. The van der Waals surface area contributed by atoms with Crippen LogP contribution >= 0.6 is 0 Å². The molecule has 0 saturated carbocycles. The number of esters is 1. The molecule has 1 heterocycles. The van der Waals surface area contributed by atoms with Gasteiger partial charge in [-0.2, -0.15) is 0 Å². The van der Waals surface area contributed by atoms with Crippen LogP contribution in [0.15, 0.2) is 6.20 Å². The molecular weight excluding hydrogens is 250 g/mol. The molecule has 3 N–H and O–H groups in total. The van der Waals surface area contributed by atoms with Crippen LogP contribution in [0.1, 0.15) is 24.3 Å². The molecule has 0 bridgehead atoms. The lowest BCUT2D eigenvalue weighted by atomic mass is 10.0. The van der Waals surface area contributed by atoms with E-state index in [0.29, 0.717) is 13.1 Å². The number of ether oxygens (including phenoxy) is 1. The molecule has 8 heteroatoms. The van der Waals surface area contributed by atoms with Crippen LogP contribution < -0.4 is 11.1 Å². The van der Waals surface area contributed by atoms with Crippen LogP contribution in [-0.4, -0.2) is 46.6 Å². The highest BCUT2D eigenvalue weighted by Crippen LogP contribution is 2.05. The summed E-state index contributed by atoms with van der Waals surface area (Å²) in [4.78, 5) is 23.5. The fourth-order valence-electron chi connectivity index (χ4n) is 1.48. The van der Waals surface area contributed by atoms with E-state index in [1.165, 1.54) is 18.0 Å². The van der Waals surface area contributed by atoms with Gasteiger partial charge in [0.05, 0.1) is 19.9 Å². The van der Waals surface area contributed by atoms with Gasteiger partial charge in [-0.25, -0.2) is 4.79 Å². The van der Waals surface area contributed by atoms with Crippen molar-refractivity contribution in [1.29, 1.82) is 0 Å². The molecule has 1 rings (SSSR count). The van der Waals surface area contributed by atoms with Gasteiger partial charge in [-0.15, -0.1) is 5.10 Å². The van der Waals surface area contributed by atoms with Crippen molar-refractivity contribution < 1.29 is 14.3 Å². The lowest BCUT2D eigenvalue weighted by Crippen LogP contribution is -2.45. The Hall–Kier alpha value is -1.96. The number of rotatable bonds is 6. The Bertz CT molecular complexity index is 443. The quantitative estimate of drug-likeness (QED) is 0.651. The Morgan fingerprint density at radius 2 is 2.21 bits per heavy atom. The van der Waals surface area contributed by atoms with Crippen LogP contribution in [0, 0.1) is 5.92 Å². The first kappa shape index (κ1) is 15.1. The summed E-state index contributed by atoms with van der Waals surface area (Å²) in [5.41, 5.74) is 5.52. The van der Waals surface area contributed by atoms with Gasteiger partial charge in [-0.1, -0.05) is 19.1 Å². The van der Waals surface area contributed by atoms with Gasteiger partial charge in [0, 0.05) is 6.54 Å². The van der Waals surface area contributed by atoms with Crippen LogP contribution in [0.4, 0.5) is 0 Å². The lowest BCUT2D eigenvalue weighted by Gasteiger charge is -2.18. The van der Waals surface area contributed by atoms with Gasteiger partial charge in [0.25, 0.3) is 5.91 Å². The van der Waals surface area contributed by atoms with Crippen molar-refractivity contribution in [3.05, 3.63) is 11.9 Å². The van der Waals surface area contributed by atoms with Crippen molar-refractivity contribution in [3.63, 3.8) is 0 Å². The van der Waals surface area contributed by atoms with Crippen molar-refractivity contribution in [2.75, 3.05) is 13.7 Å². The van der Waals surface area contributed by atoms with E-state index in [1.54, 1.807) is 0 Å². The molecule has 0 radical (unpaired) electrons. The third-order valence-electron chi connectivity index (χ3n) is 2.54. The van der Waals surface area contributed by atoms with Gasteiger partial charge in [-0.05, 0) is 5.92 Å². The predicted octanol–water partition coefficient (Wildman–Crippen LogP) is -0.836. The molecule has 0 aliphatic rings. The minimum absolute atomic E-state index is 0.0875. The smallest absolute Gasteiger partial charge is 0.328 e. The Labute approximate surface area is 111 Å². The average Bonchev–Trinajstić information content (AvgIpc) is 2.83. The van der Waals surface area contributed by atoms with E-state index >= 15 is 0 Å². The first-order valence-electron chi connectivity index (χ1n) is 5.98. The van der Waals surface area contributed by atoms with Gasteiger partial charge < -0.3 is 15.8 Å². The van der Waals surface area contributed by atoms with Crippen molar-refractivity contribution in [3.8, 4) is 0 Å². The van der Waals surface area contributed by atoms with E-state index < -0.39 is 17.9 Å². The van der Waals surface area contributed by atoms with Gasteiger partial charge in [0.2, 0.25) is 0 Å². The molecule has 0 aromatic carbocycles. The molecule has 0 saturated heterocycles. The van der Waals surface area contributed by atoms with Crippen LogP contribution in [0.25, 0.3) is 0 Å². The Kier molecular flexibility index (Phi) is 5.43. The van der Waals surface area contributed by atoms with Crippen molar-refractivity contribution >= 4 is 11.9 Å². The highest BCUT2D eigenvalue weighted by atomic mass is 16.5. The highest BCUT2D eigenvalue weighted by molar-refractivity contribution is 5.94. The molecule has 0 fully saturated rings. The summed E-state index contributed by atoms with van der Waals surface area (Å²) in [5, 5.41) is 10.1. The first-order valence-corrected chi connectivity index (χ1v) is 5.98. The summed E-state index contributed by atoms with van der Waals surface area (Å²) in [6, 6.07) is -0.711. The van der Waals surface area contributed by atoms with E-state index in [1.807, 2.05) is 13.8 Å². The van der Waals surface area contributed by atoms with E-state index in [0.717, 1.165) is 0 Å². The summed E-state index contributed by atoms with van der Waals surface area (Å²) in [5.74, 6) is -1.04. The number of nitrogens with one attached hydrogen (secondary N) is 1. The molecule has 1 unspecified atom stereocenters. The molecule has 1 aromatic rings. The molecule has 1 atom stereocenters. The fourth-order valence-corrected chi connectivity index (χ4v) is 1.48. The van der Waals surface area contributed by atoms with E-state index in [2.05, 4.69) is 20.4 Å². The van der Waals surface area contributed by atoms with E-state index in [-0.39, 0.29) is 11.6 Å². The first-order chi connectivity index (χ1) is 8.99. The molecule has 106 valence electrons. The second-order valence-electron chi connectivity index (χ2n) is 4.37. The summed E-state index contributed by atoms with van der Waals surface area (Å²) in [6.45, 7) is 4.51. The zero-order chi connectivity index (χ0) is 14.4. The topological polar surface area (TPSA) is 112 Å². The maximum atomic E-state index is 11.9. The molecule has 0 aliphatic carbocycles. The van der Waals surface area contributed by atoms with E-state index in [4.69, 9.17) is 5.73 Å². The number of carbonyl (C=O) groups is 2. The fraction of sp³-hybridized carbons (Fsp3) is 0.636. The minimum Gasteiger partial charge on any atom is -0.467 e. The number of amides is 1. The van der Waals surface area contributed by atoms with Crippen molar-refractivity contribution in [2.24, 2.45) is 11.7 Å². The maximum Gasteiger partial charge on any atom is 0.328 e. The summed E-state index contributed by atoms with van der Waals surface area (Å²) < 4.78 is 6.11. The number of hydrogen-bond donors (Lipinski definition) is 2. The molecule has 1 amide bonds. The molecule has 0 aliphatic heterocycles. The number of carbonyl (C=O) groups excluding carboxylic acids is 2. The molecule has 0 spiro atoms. The van der Waals surface area contributed by atoms with Crippen molar-refractivity contribution in [2.45, 2.75) is 26.4 Å². The normalized spacial score (nSPS) is 12.3. The SMILES string of the molecule is COC(=O)C(NC(=O)c1cn(CCN)nn1)C(C)C. The predicted molar refractivity (Wildman–Crippen MR) is 67.2 cm³/mol. The van der Waals surface area contributed by atoms with Crippen LogP contribution in [0.5, 0.6) is 0 Å². The lowest BCUT2D eigenvalue weighted by molar-refractivity contribution is -0.144. The third kappa shape index (κ3) is 4.02. The second kappa shape index (κ2) is 6.83.